The summed E-state index contributed by atoms with van der Waals surface area (Å²) in [7, 11) is 0. The van der Waals surface area contributed by atoms with E-state index in [1.807, 2.05) is 24.3 Å². The molecule has 0 aliphatic heterocycles. The maximum Gasteiger partial charge on any atom is 0.282 e. The van der Waals surface area contributed by atoms with E-state index in [0.29, 0.717) is 23.1 Å². The second kappa shape index (κ2) is 7.74. The number of hydrogen-bond donors (Lipinski definition) is 0. The Morgan fingerprint density at radius 2 is 1.92 bits per heavy atom. The van der Waals surface area contributed by atoms with Crippen LogP contribution in [0.5, 0.6) is 0 Å². The quantitative estimate of drug-likeness (QED) is 0.592. The van der Waals surface area contributed by atoms with E-state index in [4.69, 9.17) is 0 Å². The molecule has 128 valence electrons. The summed E-state index contributed by atoms with van der Waals surface area (Å²) in [5.74, 6) is 0.684. The summed E-state index contributed by atoms with van der Waals surface area (Å²) in [5, 5.41) is 4.99. The standard InChI is InChI=1S/C20H20BrN3O/c1-3-5-19-23-18-11-10-16(21)12-17(18)20(25)24(19)22-13-15-8-6-14(4-2)7-9-15/h6-13H,3-5H2,1-2H3. The molecule has 0 radical (unpaired) electrons. The molecule has 2 aromatic carbocycles. The van der Waals surface area contributed by atoms with Crippen LogP contribution in [-0.4, -0.2) is 15.9 Å². The fraction of sp³-hybridized carbons (Fsp3) is 0.250. The zero-order chi connectivity index (χ0) is 17.8. The molecule has 25 heavy (non-hydrogen) atoms. The van der Waals surface area contributed by atoms with E-state index in [-0.39, 0.29) is 5.56 Å². The summed E-state index contributed by atoms with van der Waals surface area (Å²) >= 11 is 3.42. The molecule has 3 rings (SSSR count). The van der Waals surface area contributed by atoms with Crippen LogP contribution in [0.1, 0.15) is 37.2 Å². The maximum atomic E-state index is 12.9. The van der Waals surface area contributed by atoms with Crippen molar-refractivity contribution in [1.82, 2.24) is 9.66 Å². The Hall–Kier alpha value is -2.27. The summed E-state index contributed by atoms with van der Waals surface area (Å²) in [6, 6.07) is 13.7. The molecule has 0 spiro atoms. The third-order valence-corrected chi connectivity index (χ3v) is 4.55. The molecule has 0 amide bonds. The van der Waals surface area contributed by atoms with Crippen LogP contribution in [0.3, 0.4) is 0 Å². The van der Waals surface area contributed by atoms with Gasteiger partial charge >= 0.3 is 0 Å². The highest BCUT2D eigenvalue weighted by molar-refractivity contribution is 9.10. The summed E-state index contributed by atoms with van der Waals surface area (Å²) in [5.41, 5.74) is 2.80. The molecule has 0 aliphatic carbocycles. The largest absolute Gasteiger partial charge is 0.282 e. The number of halogens is 1. The molecule has 0 unspecified atom stereocenters. The molecular weight excluding hydrogens is 378 g/mol. The van der Waals surface area contributed by atoms with Gasteiger partial charge in [-0.1, -0.05) is 54.0 Å². The van der Waals surface area contributed by atoms with Gasteiger partial charge in [-0.2, -0.15) is 9.78 Å². The van der Waals surface area contributed by atoms with E-state index in [0.717, 1.165) is 22.9 Å². The van der Waals surface area contributed by atoms with E-state index in [9.17, 15) is 4.79 Å². The van der Waals surface area contributed by atoms with E-state index in [2.05, 4.69) is 52.0 Å². The number of aryl methyl sites for hydroxylation is 2. The predicted molar refractivity (Wildman–Crippen MR) is 107 cm³/mol. The highest BCUT2D eigenvalue weighted by Gasteiger charge is 2.10. The Balaban J connectivity index is 2.08. The molecule has 0 saturated carbocycles. The van der Waals surface area contributed by atoms with Gasteiger partial charge < -0.3 is 0 Å². The molecule has 5 heteroatoms. The summed E-state index contributed by atoms with van der Waals surface area (Å²) in [6.45, 7) is 4.19. The summed E-state index contributed by atoms with van der Waals surface area (Å²) < 4.78 is 2.28. The van der Waals surface area contributed by atoms with Gasteiger partial charge in [0.25, 0.3) is 5.56 Å². The highest BCUT2D eigenvalue weighted by atomic mass is 79.9. The minimum absolute atomic E-state index is 0.142. The van der Waals surface area contributed by atoms with E-state index >= 15 is 0 Å². The molecule has 1 aromatic heterocycles. The topological polar surface area (TPSA) is 47.2 Å². The fourth-order valence-electron chi connectivity index (χ4n) is 2.66. The van der Waals surface area contributed by atoms with Crippen LogP contribution in [0.15, 0.2) is 56.8 Å². The van der Waals surface area contributed by atoms with Crippen LogP contribution >= 0.6 is 15.9 Å². The third-order valence-electron chi connectivity index (χ3n) is 4.06. The minimum atomic E-state index is -0.142. The van der Waals surface area contributed by atoms with Crippen LogP contribution < -0.4 is 5.56 Å². The smallest absolute Gasteiger partial charge is 0.267 e. The van der Waals surface area contributed by atoms with Gasteiger partial charge in [-0.3, -0.25) is 4.79 Å². The van der Waals surface area contributed by atoms with Gasteiger partial charge in [-0.15, -0.1) is 0 Å². The van der Waals surface area contributed by atoms with Crippen molar-refractivity contribution in [3.63, 3.8) is 0 Å². The number of hydrogen-bond acceptors (Lipinski definition) is 3. The molecular formula is C20H20BrN3O. The van der Waals surface area contributed by atoms with E-state index in [1.54, 1.807) is 12.3 Å². The van der Waals surface area contributed by atoms with Crippen molar-refractivity contribution < 1.29 is 0 Å². The monoisotopic (exact) mass is 397 g/mol. The first-order chi connectivity index (χ1) is 12.1. The molecule has 0 atom stereocenters. The van der Waals surface area contributed by atoms with Crippen molar-refractivity contribution in [2.75, 3.05) is 0 Å². The number of nitrogens with zero attached hydrogens (tertiary/aromatic N) is 3. The first-order valence-corrected chi connectivity index (χ1v) is 9.26. The highest BCUT2D eigenvalue weighted by Crippen LogP contribution is 2.16. The lowest BCUT2D eigenvalue weighted by molar-refractivity contribution is 0.704. The predicted octanol–water partition coefficient (Wildman–Crippen LogP) is 4.56. The van der Waals surface area contributed by atoms with Crippen molar-refractivity contribution in [3.8, 4) is 0 Å². The summed E-state index contributed by atoms with van der Waals surface area (Å²) in [6.07, 6.45) is 4.31. The zero-order valence-electron chi connectivity index (χ0n) is 14.4. The van der Waals surface area contributed by atoms with Crippen LogP contribution in [0.4, 0.5) is 0 Å². The average molecular weight is 398 g/mol. The fourth-order valence-corrected chi connectivity index (χ4v) is 3.02. The van der Waals surface area contributed by atoms with E-state index < -0.39 is 0 Å². The van der Waals surface area contributed by atoms with Gasteiger partial charge in [0.2, 0.25) is 0 Å². The lowest BCUT2D eigenvalue weighted by Crippen LogP contribution is -2.22. The van der Waals surface area contributed by atoms with Gasteiger partial charge in [0.05, 0.1) is 17.1 Å². The van der Waals surface area contributed by atoms with Crippen molar-refractivity contribution in [1.29, 1.82) is 0 Å². The van der Waals surface area contributed by atoms with Crippen LogP contribution in [-0.2, 0) is 12.8 Å². The van der Waals surface area contributed by atoms with E-state index in [1.165, 1.54) is 10.2 Å². The third kappa shape index (κ3) is 3.87. The Kier molecular flexibility index (Phi) is 5.43. The molecule has 3 aromatic rings. The SMILES string of the molecule is CCCc1nc2ccc(Br)cc2c(=O)n1N=Cc1ccc(CC)cc1. The minimum Gasteiger partial charge on any atom is -0.267 e. The molecule has 1 heterocycles. The van der Waals surface area contributed by atoms with Crippen molar-refractivity contribution >= 4 is 33.0 Å². The lowest BCUT2D eigenvalue weighted by atomic mass is 10.1. The Morgan fingerprint density at radius 3 is 2.60 bits per heavy atom. The zero-order valence-corrected chi connectivity index (χ0v) is 16.0. The van der Waals surface area contributed by atoms with Crippen LogP contribution in [0.2, 0.25) is 0 Å². The summed E-state index contributed by atoms with van der Waals surface area (Å²) in [4.78, 5) is 17.5. The first kappa shape index (κ1) is 17.5. The van der Waals surface area contributed by atoms with Crippen molar-refractivity contribution in [2.45, 2.75) is 33.1 Å². The second-order valence-electron chi connectivity index (χ2n) is 5.90. The molecule has 0 bridgehead atoms. The Labute approximate surface area is 155 Å². The number of fused-ring (bicyclic) bond motifs is 1. The molecule has 0 saturated heterocycles. The molecule has 0 N–H and O–H groups in total. The lowest BCUT2D eigenvalue weighted by Gasteiger charge is -2.08. The molecule has 4 nitrogen and oxygen atoms in total. The second-order valence-corrected chi connectivity index (χ2v) is 6.81. The average Bonchev–Trinajstić information content (AvgIpc) is 2.63. The van der Waals surface area contributed by atoms with Crippen molar-refractivity contribution in [2.24, 2.45) is 5.10 Å². The molecule has 0 fully saturated rings. The Morgan fingerprint density at radius 1 is 1.16 bits per heavy atom. The van der Waals surface area contributed by atoms with Gasteiger partial charge in [-0.25, -0.2) is 4.98 Å². The molecule has 0 aliphatic rings. The van der Waals surface area contributed by atoms with Crippen molar-refractivity contribution in [3.05, 3.63) is 74.2 Å². The van der Waals surface area contributed by atoms with Gasteiger partial charge in [0.15, 0.2) is 0 Å². The number of aromatic nitrogens is 2. The number of rotatable bonds is 5. The first-order valence-electron chi connectivity index (χ1n) is 8.47. The van der Waals surface area contributed by atoms with Crippen LogP contribution in [0.25, 0.3) is 10.9 Å². The van der Waals surface area contributed by atoms with Gasteiger partial charge in [0, 0.05) is 10.9 Å². The van der Waals surface area contributed by atoms with Crippen LogP contribution in [0, 0.1) is 0 Å². The number of benzene rings is 2. The normalized spacial score (nSPS) is 11.5. The Bertz CT molecular complexity index is 975. The maximum absolute atomic E-state index is 12.9. The van der Waals surface area contributed by atoms with Gasteiger partial charge in [-0.05, 0) is 42.2 Å². The van der Waals surface area contributed by atoms with Gasteiger partial charge in [0.1, 0.15) is 5.82 Å².